The van der Waals surface area contributed by atoms with Crippen molar-refractivity contribution < 1.29 is 23.7 Å². The Morgan fingerprint density at radius 3 is 2.58 bits per heavy atom. The van der Waals surface area contributed by atoms with Crippen LogP contribution < -0.4 is 16.0 Å². The van der Waals surface area contributed by atoms with Crippen molar-refractivity contribution in [1.29, 1.82) is 0 Å². The molecule has 0 saturated carbocycles. The number of carbonyl (C=O) groups excluding carboxylic acids is 4. The van der Waals surface area contributed by atoms with Crippen LogP contribution in [0.15, 0.2) is 28.8 Å². The molecule has 0 radical (unpaired) electrons. The molecule has 0 spiro atoms. The Morgan fingerprint density at radius 2 is 1.79 bits per heavy atom. The zero-order valence-corrected chi connectivity index (χ0v) is 18.1. The van der Waals surface area contributed by atoms with E-state index in [0.29, 0.717) is 19.0 Å². The van der Waals surface area contributed by atoms with Crippen LogP contribution in [0, 0.1) is 0 Å². The maximum absolute atomic E-state index is 12.9. The minimum atomic E-state index is -0.961. The molecule has 2 aromatic rings. The number of imide groups is 2. The second-order valence-corrected chi connectivity index (χ2v) is 8.67. The van der Waals surface area contributed by atoms with Crippen LogP contribution in [0.4, 0.5) is 0 Å². The molecule has 3 aliphatic rings. The van der Waals surface area contributed by atoms with Crippen molar-refractivity contribution in [3.8, 4) is 0 Å². The summed E-state index contributed by atoms with van der Waals surface area (Å²) in [5.41, 5.74) is 2.37. The minimum absolute atomic E-state index is 0.0972. The number of fused-ring (bicyclic) bond motifs is 1. The Balaban J connectivity index is 1.21. The van der Waals surface area contributed by atoms with Gasteiger partial charge in [0.2, 0.25) is 11.8 Å². The second kappa shape index (κ2) is 8.87. The molecule has 172 valence electrons. The van der Waals surface area contributed by atoms with Gasteiger partial charge in [0, 0.05) is 24.9 Å². The summed E-state index contributed by atoms with van der Waals surface area (Å²) in [6.45, 7) is 2.94. The molecule has 1 unspecified atom stereocenters. The van der Waals surface area contributed by atoms with E-state index in [-0.39, 0.29) is 24.0 Å². The van der Waals surface area contributed by atoms with E-state index in [0.717, 1.165) is 47.8 Å². The standard InChI is InChI=1S/C23H25N5O5/c29-20-4-3-19(21(30)26-20)28-22(31)16-2-1-13(9-17(16)23(28)32)11-25-12-15-10-18(27-33-15)14-5-7-24-8-6-14/h1-2,9-10,14,19,24-25H,3-8,11-12H2,(H,26,29,30). The molecule has 0 bridgehead atoms. The van der Waals surface area contributed by atoms with Gasteiger partial charge in [-0.25, -0.2) is 0 Å². The van der Waals surface area contributed by atoms with Crippen molar-refractivity contribution in [3.05, 3.63) is 52.4 Å². The molecule has 4 heterocycles. The Morgan fingerprint density at radius 1 is 1.00 bits per heavy atom. The summed E-state index contributed by atoms with van der Waals surface area (Å²) in [6.07, 6.45) is 2.34. The summed E-state index contributed by atoms with van der Waals surface area (Å²) in [6, 6.07) is 6.10. The molecule has 2 fully saturated rings. The van der Waals surface area contributed by atoms with E-state index >= 15 is 0 Å². The maximum Gasteiger partial charge on any atom is 0.262 e. The van der Waals surface area contributed by atoms with E-state index in [4.69, 9.17) is 4.52 Å². The number of amides is 4. The lowest BCUT2D eigenvalue weighted by Gasteiger charge is -2.27. The highest BCUT2D eigenvalue weighted by Crippen LogP contribution is 2.28. The van der Waals surface area contributed by atoms with Crippen LogP contribution in [-0.4, -0.2) is 52.8 Å². The molecular weight excluding hydrogens is 426 g/mol. The van der Waals surface area contributed by atoms with Gasteiger partial charge >= 0.3 is 0 Å². The molecule has 1 atom stereocenters. The zero-order chi connectivity index (χ0) is 22.9. The zero-order valence-electron chi connectivity index (χ0n) is 18.1. The number of nitrogens with one attached hydrogen (secondary N) is 3. The van der Waals surface area contributed by atoms with Crippen molar-refractivity contribution in [2.75, 3.05) is 13.1 Å². The maximum atomic E-state index is 12.9. The predicted molar refractivity (Wildman–Crippen MR) is 115 cm³/mol. The first-order chi connectivity index (χ1) is 16.0. The second-order valence-electron chi connectivity index (χ2n) is 8.67. The van der Waals surface area contributed by atoms with Crippen molar-refractivity contribution in [2.45, 2.75) is 50.7 Å². The van der Waals surface area contributed by atoms with E-state index in [9.17, 15) is 19.2 Å². The van der Waals surface area contributed by atoms with Gasteiger partial charge in [-0.2, -0.15) is 0 Å². The summed E-state index contributed by atoms with van der Waals surface area (Å²) in [5.74, 6) is -0.838. The van der Waals surface area contributed by atoms with Gasteiger partial charge in [-0.05, 0) is 50.0 Å². The lowest BCUT2D eigenvalue weighted by Crippen LogP contribution is -2.54. The van der Waals surface area contributed by atoms with Crippen LogP contribution in [-0.2, 0) is 22.7 Å². The molecule has 10 nitrogen and oxygen atoms in total. The first-order valence-electron chi connectivity index (χ1n) is 11.2. The Labute approximate surface area is 190 Å². The molecule has 3 aliphatic heterocycles. The third-order valence-corrected chi connectivity index (χ3v) is 6.47. The summed E-state index contributed by atoms with van der Waals surface area (Å²) >= 11 is 0. The number of hydrogen-bond acceptors (Lipinski definition) is 8. The van der Waals surface area contributed by atoms with Gasteiger partial charge < -0.3 is 15.2 Å². The Kier molecular flexibility index (Phi) is 5.77. The van der Waals surface area contributed by atoms with Gasteiger partial charge in [0.15, 0.2) is 5.76 Å². The van der Waals surface area contributed by atoms with E-state index in [1.54, 1.807) is 18.2 Å². The molecule has 5 rings (SSSR count). The summed E-state index contributed by atoms with van der Waals surface area (Å²) in [4.78, 5) is 50.3. The van der Waals surface area contributed by atoms with Crippen molar-refractivity contribution >= 4 is 23.6 Å². The summed E-state index contributed by atoms with van der Waals surface area (Å²) in [5, 5.41) is 13.0. The molecule has 1 aromatic carbocycles. The van der Waals surface area contributed by atoms with Crippen molar-refractivity contribution in [3.63, 3.8) is 0 Å². The van der Waals surface area contributed by atoms with Crippen LogP contribution in [0.3, 0.4) is 0 Å². The number of piperidine rings is 2. The van der Waals surface area contributed by atoms with E-state index in [1.165, 1.54) is 0 Å². The SMILES string of the molecule is O=C1CCC(N2C(=O)c3ccc(CNCc4cc(C5CCNCC5)no4)cc3C2=O)C(=O)N1. The van der Waals surface area contributed by atoms with Gasteiger partial charge in [-0.1, -0.05) is 11.2 Å². The molecular formula is C23H25N5O5. The number of hydrogen-bond donors (Lipinski definition) is 3. The van der Waals surface area contributed by atoms with Crippen LogP contribution in [0.1, 0.15) is 69.3 Å². The highest BCUT2D eigenvalue weighted by Gasteiger charge is 2.44. The van der Waals surface area contributed by atoms with Gasteiger partial charge in [0.1, 0.15) is 6.04 Å². The van der Waals surface area contributed by atoms with Crippen LogP contribution in [0.5, 0.6) is 0 Å². The number of aromatic nitrogens is 1. The average molecular weight is 451 g/mol. The molecule has 0 aliphatic carbocycles. The van der Waals surface area contributed by atoms with Gasteiger partial charge in [0.25, 0.3) is 11.8 Å². The summed E-state index contributed by atoms with van der Waals surface area (Å²) in [7, 11) is 0. The third-order valence-electron chi connectivity index (χ3n) is 6.47. The fourth-order valence-electron chi connectivity index (χ4n) is 4.68. The van der Waals surface area contributed by atoms with Gasteiger partial charge in [-0.15, -0.1) is 0 Å². The fraction of sp³-hybridized carbons (Fsp3) is 0.435. The highest BCUT2D eigenvalue weighted by molar-refractivity contribution is 6.23. The van der Waals surface area contributed by atoms with E-state index < -0.39 is 29.7 Å². The number of rotatable bonds is 6. The topological polar surface area (TPSA) is 134 Å². The Bertz CT molecular complexity index is 1120. The third kappa shape index (κ3) is 4.19. The quantitative estimate of drug-likeness (QED) is 0.550. The minimum Gasteiger partial charge on any atom is -0.360 e. The average Bonchev–Trinajstić information content (AvgIpc) is 3.38. The van der Waals surface area contributed by atoms with Crippen LogP contribution in [0.2, 0.25) is 0 Å². The largest absolute Gasteiger partial charge is 0.360 e. The lowest BCUT2D eigenvalue weighted by molar-refractivity contribution is -0.136. The van der Waals surface area contributed by atoms with Gasteiger partial charge in [-0.3, -0.25) is 29.4 Å². The van der Waals surface area contributed by atoms with E-state index in [1.807, 2.05) is 6.07 Å². The fourth-order valence-corrected chi connectivity index (χ4v) is 4.68. The molecule has 4 amide bonds. The monoisotopic (exact) mass is 451 g/mol. The first kappa shape index (κ1) is 21.5. The van der Waals surface area contributed by atoms with E-state index in [2.05, 4.69) is 21.1 Å². The number of carbonyl (C=O) groups is 4. The Hall–Kier alpha value is -3.37. The van der Waals surface area contributed by atoms with Crippen molar-refractivity contribution in [1.82, 2.24) is 26.0 Å². The molecule has 10 heteroatoms. The molecule has 2 saturated heterocycles. The molecule has 33 heavy (non-hydrogen) atoms. The predicted octanol–water partition coefficient (Wildman–Crippen LogP) is 0.833. The summed E-state index contributed by atoms with van der Waals surface area (Å²) < 4.78 is 5.46. The number of nitrogens with zero attached hydrogens (tertiary/aromatic N) is 2. The molecule has 1 aromatic heterocycles. The van der Waals surface area contributed by atoms with Crippen molar-refractivity contribution in [2.24, 2.45) is 0 Å². The smallest absolute Gasteiger partial charge is 0.262 e. The molecule has 3 N–H and O–H groups in total. The van der Waals surface area contributed by atoms with Crippen LogP contribution in [0.25, 0.3) is 0 Å². The first-order valence-corrected chi connectivity index (χ1v) is 11.2. The van der Waals surface area contributed by atoms with Gasteiger partial charge in [0.05, 0.1) is 23.4 Å². The number of benzene rings is 1. The highest BCUT2D eigenvalue weighted by atomic mass is 16.5. The lowest BCUT2D eigenvalue weighted by atomic mass is 9.95. The van der Waals surface area contributed by atoms with Crippen LogP contribution >= 0.6 is 0 Å². The normalized spacial score (nSPS) is 21.5.